The summed E-state index contributed by atoms with van der Waals surface area (Å²) in [5.41, 5.74) is 6.30. The summed E-state index contributed by atoms with van der Waals surface area (Å²) in [5, 5.41) is 0.825. The van der Waals surface area contributed by atoms with E-state index in [9.17, 15) is 0 Å². The molecule has 1 heteroatoms. The summed E-state index contributed by atoms with van der Waals surface area (Å²) < 4.78 is 0. The highest BCUT2D eigenvalue weighted by Crippen LogP contribution is 2.27. The molecule has 0 heterocycles. The highest BCUT2D eigenvalue weighted by Gasteiger charge is 2.02. The lowest BCUT2D eigenvalue weighted by molar-refractivity contribution is 1.34. The smallest absolute Gasteiger partial charge is 0.0441 e. The van der Waals surface area contributed by atoms with Gasteiger partial charge in [0.15, 0.2) is 0 Å². The van der Waals surface area contributed by atoms with E-state index < -0.39 is 0 Å². The zero-order valence-electron chi connectivity index (χ0n) is 13.3. The first-order valence-electron chi connectivity index (χ1n) is 7.42. The van der Waals surface area contributed by atoms with E-state index in [-0.39, 0.29) is 0 Å². The number of benzene rings is 3. The van der Waals surface area contributed by atoms with Crippen LogP contribution in [-0.2, 0) is 0 Å². The molecule has 0 fully saturated rings. The van der Waals surface area contributed by atoms with E-state index in [4.69, 9.17) is 11.6 Å². The highest BCUT2D eigenvalue weighted by atomic mass is 35.5. The van der Waals surface area contributed by atoms with Crippen molar-refractivity contribution in [2.45, 2.75) is 20.8 Å². The van der Waals surface area contributed by atoms with Crippen LogP contribution in [0.5, 0.6) is 0 Å². The van der Waals surface area contributed by atoms with Crippen LogP contribution >= 0.6 is 11.6 Å². The van der Waals surface area contributed by atoms with Crippen LogP contribution in [0, 0.1) is 20.8 Å². The Morgan fingerprint density at radius 1 is 0.591 bits per heavy atom. The Bertz CT molecular complexity index is 709. The van der Waals surface area contributed by atoms with Gasteiger partial charge in [0, 0.05) is 5.02 Å². The number of aryl methyl sites for hydroxylation is 2. The van der Waals surface area contributed by atoms with E-state index in [1.165, 1.54) is 22.3 Å². The van der Waals surface area contributed by atoms with E-state index in [0.717, 1.165) is 10.6 Å². The normalized spacial score (nSPS) is 9.82. The maximum Gasteiger partial charge on any atom is 0.0441 e. The predicted octanol–water partition coefficient (Wildman–Crippen LogP) is 6.62. The minimum atomic E-state index is 0.825. The van der Waals surface area contributed by atoms with Crippen LogP contribution in [0.1, 0.15) is 16.7 Å². The second kappa shape index (κ2) is 7.82. The molecule has 0 aliphatic rings. The van der Waals surface area contributed by atoms with Crippen molar-refractivity contribution >= 4 is 11.6 Å². The molecule has 0 unspecified atom stereocenters. The van der Waals surface area contributed by atoms with Gasteiger partial charge in [-0.15, -0.1) is 0 Å². The Morgan fingerprint density at radius 3 is 1.68 bits per heavy atom. The van der Waals surface area contributed by atoms with Crippen molar-refractivity contribution in [3.8, 4) is 11.1 Å². The highest BCUT2D eigenvalue weighted by molar-refractivity contribution is 6.31. The molecule has 0 aliphatic heterocycles. The van der Waals surface area contributed by atoms with Gasteiger partial charge >= 0.3 is 0 Å². The van der Waals surface area contributed by atoms with Crippen LogP contribution in [0.25, 0.3) is 11.1 Å². The van der Waals surface area contributed by atoms with Crippen LogP contribution in [0.4, 0.5) is 0 Å². The first kappa shape index (κ1) is 16.3. The monoisotopic (exact) mass is 308 g/mol. The Hall–Kier alpha value is -2.05. The Kier molecular flexibility index (Phi) is 5.80. The van der Waals surface area contributed by atoms with Crippen molar-refractivity contribution in [3.63, 3.8) is 0 Å². The molecule has 0 spiro atoms. The topological polar surface area (TPSA) is 0 Å². The maximum absolute atomic E-state index is 6.06. The van der Waals surface area contributed by atoms with Gasteiger partial charge in [-0.1, -0.05) is 78.3 Å². The van der Waals surface area contributed by atoms with Gasteiger partial charge in [0.1, 0.15) is 0 Å². The molecule has 3 aromatic carbocycles. The molecule has 0 N–H and O–H groups in total. The quantitative estimate of drug-likeness (QED) is 0.474. The average molecular weight is 309 g/mol. The fourth-order valence-corrected chi connectivity index (χ4v) is 2.38. The molecule has 0 atom stereocenters. The van der Waals surface area contributed by atoms with E-state index in [2.05, 4.69) is 56.3 Å². The number of rotatable bonds is 1. The van der Waals surface area contributed by atoms with Crippen molar-refractivity contribution in [1.29, 1.82) is 0 Å². The molecule has 0 radical (unpaired) electrons. The van der Waals surface area contributed by atoms with Crippen LogP contribution in [0.3, 0.4) is 0 Å². The lowest BCUT2D eigenvalue weighted by atomic mass is 10.0. The summed E-state index contributed by atoms with van der Waals surface area (Å²) in [6, 6.07) is 24.6. The van der Waals surface area contributed by atoms with Gasteiger partial charge in [-0.05, 0) is 54.7 Å². The van der Waals surface area contributed by atoms with Gasteiger partial charge in [-0.25, -0.2) is 0 Å². The summed E-state index contributed by atoms with van der Waals surface area (Å²) in [7, 11) is 0. The minimum Gasteiger partial charge on any atom is -0.0840 e. The van der Waals surface area contributed by atoms with Crippen molar-refractivity contribution in [1.82, 2.24) is 0 Å². The lowest BCUT2D eigenvalue weighted by Crippen LogP contribution is -1.83. The summed E-state index contributed by atoms with van der Waals surface area (Å²) in [4.78, 5) is 0. The van der Waals surface area contributed by atoms with Crippen molar-refractivity contribution in [2.75, 3.05) is 0 Å². The predicted molar refractivity (Wildman–Crippen MR) is 97.5 cm³/mol. The second-order valence-electron chi connectivity index (χ2n) is 5.36. The molecule has 0 saturated carbocycles. The Morgan fingerprint density at radius 2 is 1.14 bits per heavy atom. The third kappa shape index (κ3) is 4.22. The fraction of sp³-hybridized carbons (Fsp3) is 0.143. The van der Waals surface area contributed by atoms with Crippen LogP contribution < -0.4 is 0 Å². The Balaban J connectivity index is 0.000000188. The molecule has 0 saturated heterocycles. The van der Waals surface area contributed by atoms with Crippen molar-refractivity contribution in [3.05, 3.63) is 94.5 Å². The number of halogens is 1. The van der Waals surface area contributed by atoms with Gasteiger partial charge in [0.2, 0.25) is 0 Å². The summed E-state index contributed by atoms with van der Waals surface area (Å²) >= 11 is 6.06. The molecule has 0 bridgehead atoms. The number of hydrogen-bond donors (Lipinski definition) is 0. The molecule has 0 nitrogen and oxygen atoms in total. The molecule has 0 aromatic heterocycles. The van der Waals surface area contributed by atoms with E-state index in [1.54, 1.807) is 0 Å². The molecule has 0 aliphatic carbocycles. The molecule has 3 rings (SSSR count). The van der Waals surface area contributed by atoms with E-state index in [0.29, 0.717) is 0 Å². The van der Waals surface area contributed by atoms with Gasteiger partial charge in [0.25, 0.3) is 0 Å². The van der Waals surface area contributed by atoms with Gasteiger partial charge in [-0.3, -0.25) is 0 Å². The molecule has 0 amide bonds. The van der Waals surface area contributed by atoms with Gasteiger partial charge in [0.05, 0.1) is 0 Å². The van der Waals surface area contributed by atoms with E-state index in [1.807, 2.05) is 37.3 Å². The first-order chi connectivity index (χ1) is 10.6. The van der Waals surface area contributed by atoms with Crippen molar-refractivity contribution in [2.24, 2.45) is 0 Å². The fourth-order valence-electron chi connectivity index (χ4n) is 2.20. The lowest BCUT2D eigenvalue weighted by Gasteiger charge is -2.06. The maximum atomic E-state index is 6.06. The third-order valence-electron chi connectivity index (χ3n) is 3.78. The minimum absolute atomic E-state index is 0.825. The summed E-state index contributed by atoms with van der Waals surface area (Å²) in [6.07, 6.45) is 0. The average Bonchev–Trinajstić information content (AvgIpc) is 2.54. The Labute approximate surface area is 138 Å². The van der Waals surface area contributed by atoms with Crippen LogP contribution in [0.15, 0.2) is 72.8 Å². The van der Waals surface area contributed by atoms with Crippen LogP contribution in [0.2, 0.25) is 5.02 Å². The summed E-state index contributed by atoms with van der Waals surface area (Å²) in [6.45, 7) is 6.29. The zero-order chi connectivity index (χ0) is 15.9. The van der Waals surface area contributed by atoms with Gasteiger partial charge < -0.3 is 0 Å². The van der Waals surface area contributed by atoms with E-state index >= 15 is 0 Å². The second-order valence-corrected chi connectivity index (χ2v) is 5.77. The molecule has 3 aromatic rings. The van der Waals surface area contributed by atoms with Crippen LogP contribution in [-0.4, -0.2) is 0 Å². The molecular weight excluding hydrogens is 288 g/mol. The van der Waals surface area contributed by atoms with Crippen molar-refractivity contribution < 1.29 is 0 Å². The first-order valence-corrected chi connectivity index (χ1v) is 7.80. The van der Waals surface area contributed by atoms with Gasteiger partial charge in [-0.2, -0.15) is 0 Å². The molecular formula is C21H21Cl. The third-order valence-corrected chi connectivity index (χ3v) is 4.19. The molecule has 22 heavy (non-hydrogen) atoms. The number of hydrogen-bond acceptors (Lipinski definition) is 0. The standard InChI is InChI=1S/C13H11Cl.C8H10/c1-10-12(8-5-9-13(10)14)11-6-3-2-4-7-11;1-7-5-3-4-6-8(7)2/h2-9H,1H3;3-6H,1-2H3. The molecule has 112 valence electrons. The zero-order valence-corrected chi connectivity index (χ0v) is 14.1. The largest absolute Gasteiger partial charge is 0.0840 e. The SMILES string of the molecule is Cc1c(Cl)cccc1-c1ccccc1.Cc1ccccc1C. The summed E-state index contributed by atoms with van der Waals surface area (Å²) in [5.74, 6) is 0.